The van der Waals surface area contributed by atoms with Crippen molar-refractivity contribution in [3.05, 3.63) is 45.8 Å². The number of anilines is 2. The van der Waals surface area contributed by atoms with Crippen LogP contribution >= 0.6 is 0 Å². The van der Waals surface area contributed by atoms with Crippen LogP contribution in [0.2, 0.25) is 0 Å². The van der Waals surface area contributed by atoms with E-state index in [-0.39, 0.29) is 11.6 Å². The smallest absolute Gasteiger partial charge is 0.292 e. The van der Waals surface area contributed by atoms with Gasteiger partial charge in [0.1, 0.15) is 11.4 Å². The van der Waals surface area contributed by atoms with Crippen molar-refractivity contribution in [3.8, 4) is 0 Å². The molecule has 0 saturated heterocycles. The number of benzene rings is 1. The molecule has 1 aromatic carbocycles. The van der Waals surface area contributed by atoms with Crippen LogP contribution in [0, 0.1) is 17.0 Å². The predicted octanol–water partition coefficient (Wildman–Crippen LogP) is 1.74. The monoisotopic (exact) mass is 289 g/mol. The second kappa shape index (κ2) is 5.61. The van der Waals surface area contributed by atoms with Crippen molar-refractivity contribution in [1.29, 1.82) is 0 Å². The molecule has 0 unspecified atom stereocenters. The Morgan fingerprint density at radius 3 is 2.67 bits per heavy atom. The molecule has 1 amide bonds. The number of nitrogens with zero attached hydrogens (tertiary/aromatic N) is 3. The maximum absolute atomic E-state index is 11.9. The lowest BCUT2D eigenvalue weighted by molar-refractivity contribution is -0.383. The Kier molecular flexibility index (Phi) is 3.88. The second-order valence-corrected chi connectivity index (χ2v) is 4.41. The lowest BCUT2D eigenvalue weighted by Crippen LogP contribution is -2.22. The van der Waals surface area contributed by atoms with Crippen molar-refractivity contribution in [2.75, 3.05) is 12.4 Å². The van der Waals surface area contributed by atoms with Gasteiger partial charge in [0.25, 0.3) is 11.6 Å². The standard InChI is InChI=1S/C13H15N5O3/c1-8-11(12(13(19)14-2)17(3)16-8)15-9-6-4-5-7-10(9)18(20)21/h4-7,15H,1-3H3,(H,14,19). The Morgan fingerprint density at radius 2 is 2.05 bits per heavy atom. The summed E-state index contributed by atoms with van der Waals surface area (Å²) in [6.07, 6.45) is 0. The van der Waals surface area contributed by atoms with Gasteiger partial charge in [-0.1, -0.05) is 12.1 Å². The zero-order valence-corrected chi connectivity index (χ0v) is 11.9. The van der Waals surface area contributed by atoms with Gasteiger partial charge in [-0.2, -0.15) is 5.10 Å². The predicted molar refractivity (Wildman–Crippen MR) is 77.7 cm³/mol. The van der Waals surface area contributed by atoms with E-state index >= 15 is 0 Å². The van der Waals surface area contributed by atoms with Crippen molar-refractivity contribution in [3.63, 3.8) is 0 Å². The number of amides is 1. The number of aryl methyl sites for hydroxylation is 2. The van der Waals surface area contributed by atoms with Gasteiger partial charge in [-0.3, -0.25) is 19.6 Å². The van der Waals surface area contributed by atoms with Crippen molar-refractivity contribution in [2.45, 2.75) is 6.92 Å². The van der Waals surface area contributed by atoms with E-state index in [2.05, 4.69) is 15.7 Å². The summed E-state index contributed by atoms with van der Waals surface area (Å²) in [5.41, 5.74) is 1.58. The summed E-state index contributed by atoms with van der Waals surface area (Å²) >= 11 is 0. The molecule has 0 fully saturated rings. The van der Waals surface area contributed by atoms with E-state index in [1.165, 1.54) is 17.8 Å². The van der Waals surface area contributed by atoms with E-state index in [9.17, 15) is 14.9 Å². The lowest BCUT2D eigenvalue weighted by Gasteiger charge is -2.09. The molecule has 8 nitrogen and oxygen atoms in total. The van der Waals surface area contributed by atoms with Crippen molar-refractivity contribution < 1.29 is 9.72 Å². The SMILES string of the molecule is CNC(=O)c1c(Nc2ccccc2[N+](=O)[O-])c(C)nn1C. The topological polar surface area (TPSA) is 102 Å². The van der Waals surface area contributed by atoms with Crippen LogP contribution in [0.3, 0.4) is 0 Å². The summed E-state index contributed by atoms with van der Waals surface area (Å²) in [4.78, 5) is 22.5. The number of nitro groups is 1. The number of rotatable bonds is 4. The minimum absolute atomic E-state index is 0.0661. The van der Waals surface area contributed by atoms with Crippen LogP contribution in [-0.2, 0) is 7.05 Å². The minimum Gasteiger partial charge on any atom is -0.354 e. The number of hydrogen-bond donors (Lipinski definition) is 2. The first-order chi connectivity index (χ1) is 9.95. The fourth-order valence-electron chi connectivity index (χ4n) is 2.06. The molecular formula is C13H15N5O3. The number of para-hydroxylation sites is 2. The highest BCUT2D eigenvalue weighted by Gasteiger charge is 2.22. The van der Waals surface area contributed by atoms with Gasteiger partial charge in [0, 0.05) is 20.2 Å². The molecule has 8 heteroatoms. The van der Waals surface area contributed by atoms with Crippen LogP contribution in [0.5, 0.6) is 0 Å². The molecule has 1 aromatic heterocycles. The number of nitro benzene ring substituents is 1. The molecular weight excluding hydrogens is 274 g/mol. The first-order valence-corrected chi connectivity index (χ1v) is 6.21. The highest BCUT2D eigenvalue weighted by Crippen LogP contribution is 2.30. The summed E-state index contributed by atoms with van der Waals surface area (Å²) in [5, 5.41) is 20.7. The number of nitrogens with one attached hydrogen (secondary N) is 2. The molecule has 0 radical (unpaired) electrons. The van der Waals surface area contributed by atoms with Crippen LogP contribution in [-0.4, -0.2) is 27.7 Å². The molecule has 0 aliphatic heterocycles. The molecule has 0 bridgehead atoms. The fourth-order valence-corrected chi connectivity index (χ4v) is 2.06. The first kappa shape index (κ1) is 14.5. The number of hydrogen-bond acceptors (Lipinski definition) is 5. The summed E-state index contributed by atoms with van der Waals surface area (Å²) in [6.45, 7) is 1.73. The molecule has 1 heterocycles. The molecule has 110 valence electrons. The van der Waals surface area contributed by atoms with Crippen molar-refractivity contribution in [2.24, 2.45) is 7.05 Å². The van der Waals surface area contributed by atoms with Gasteiger partial charge in [0.2, 0.25) is 0 Å². The van der Waals surface area contributed by atoms with Crippen LogP contribution < -0.4 is 10.6 Å². The van der Waals surface area contributed by atoms with E-state index in [0.717, 1.165) is 0 Å². The maximum Gasteiger partial charge on any atom is 0.292 e. The molecule has 0 spiro atoms. The van der Waals surface area contributed by atoms with Gasteiger partial charge in [0.05, 0.1) is 16.3 Å². The Morgan fingerprint density at radius 1 is 1.38 bits per heavy atom. The second-order valence-electron chi connectivity index (χ2n) is 4.41. The van der Waals surface area contributed by atoms with Gasteiger partial charge in [-0.25, -0.2) is 0 Å². The first-order valence-electron chi connectivity index (χ1n) is 6.21. The van der Waals surface area contributed by atoms with E-state index in [4.69, 9.17) is 0 Å². The van der Waals surface area contributed by atoms with Gasteiger partial charge in [-0.15, -0.1) is 0 Å². The summed E-state index contributed by atoms with van der Waals surface area (Å²) in [6, 6.07) is 6.24. The zero-order chi connectivity index (χ0) is 15.6. The van der Waals surface area contributed by atoms with E-state index < -0.39 is 4.92 Å². The molecule has 0 saturated carbocycles. The van der Waals surface area contributed by atoms with E-state index in [1.54, 1.807) is 32.2 Å². The fraction of sp³-hybridized carbons (Fsp3) is 0.231. The quantitative estimate of drug-likeness (QED) is 0.659. The Labute approximate surface area is 120 Å². The normalized spacial score (nSPS) is 10.2. The third kappa shape index (κ3) is 2.69. The van der Waals surface area contributed by atoms with E-state index in [0.29, 0.717) is 22.8 Å². The molecule has 2 aromatic rings. The van der Waals surface area contributed by atoms with Crippen molar-refractivity contribution >= 4 is 23.0 Å². The van der Waals surface area contributed by atoms with Crippen LogP contribution in [0.4, 0.5) is 17.1 Å². The van der Waals surface area contributed by atoms with Gasteiger partial charge in [-0.05, 0) is 13.0 Å². The van der Waals surface area contributed by atoms with Gasteiger partial charge < -0.3 is 10.6 Å². The lowest BCUT2D eigenvalue weighted by atomic mass is 10.2. The number of carbonyl (C=O) groups is 1. The third-order valence-electron chi connectivity index (χ3n) is 3.02. The van der Waals surface area contributed by atoms with Crippen LogP contribution in [0.25, 0.3) is 0 Å². The molecule has 0 aliphatic carbocycles. The van der Waals surface area contributed by atoms with Crippen LogP contribution in [0.15, 0.2) is 24.3 Å². The average Bonchev–Trinajstić information content (AvgIpc) is 2.73. The number of aromatic nitrogens is 2. The summed E-state index contributed by atoms with van der Waals surface area (Å²) in [5.74, 6) is -0.320. The van der Waals surface area contributed by atoms with Crippen molar-refractivity contribution in [1.82, 2.24) is 15.1 Å². The zero-order valence-electron chi connectivity index (χ0n) is 11.9. The Hall–Kier alpha value is -2.90. The highest BCUT2D eigenvalue weighted by molar-refractivity contribution is 5.99. The average molecular weight is 289 g/mol. The Bertz CT molecular complexity index is 708. The van der Waals surface area contributed by atoms with Gasteiger partial charge in [0.15, 0.2) is 0 Å². The number of carbonyl (C=O) groups excluding carboxylic acids is 1. The molecule has 2 N–H and O–H groups in total. The molecule has 2 rings (SSSR count). The largest absolute Gasteiger partial charge is 0.354 e. The van der Waals surface area contributed by atoms with Crippen LogP contribution in [0.1, 0.15) is 16.2 Å². The minimum atomic E-state index is -0.479. The maximum atomic E-state index is 11.9. The summed E-state index contributed by atoms with van der Waals surface area (Å²) in [7, 11) is 3.15. The summed E-state index contributed by atoms with van der Waals surface area (Å²) < 4.78 is 1.44. The molecule has 21 heavy (non-hydrogen) atoms. The highest BCUT2D eigenvalue weighted by atomic mass is 16.6. The molecule has 0 atom stereocenters. The third-order valence-corrected chi connectivity index (χ3v) is 3.02. The van der Waals surface area contributed by atoms with E-state index in [1.807, 2.05) is 0 Å². The molecule has 0 aliphatic rings. The Balaban J connectivity index is 2.50. The van der Waals surface area contributed by atoms with Gasteiger partial charge >= 0.3 is 0 Å².